The molecule has 2 rings (SSSR count). The summed E-state index contributed by atoms with van der Waals surface area (Å²) < 4.78 is 31.5. The van der Waals surface area contributed by atoms with E-state index in [-0.39, 0.29) is 11.7 Å². The summed E-state index contributed by atoms with van der Waals surface area (Å²) in [6, 6.07) is 12.6. The molecular weight excluding hydrogens is 432 g/mol. The smallest absolute Gasteiger partial charge is 0.244 e. The molecule has 0 heterocycles. The largest absolute Gasteiger partial charge is 0.496 e. The van der Waals surface area contributed by atoms with Crippen molar-refractivity contribution >= 4 is 37.9 Å². The molecule has 0 aromatic heterocycles. The number of hydrogen-bond acceptors (Lipinski definition) is 4. The van der Waals surface area contributed by atoms with Gasteiger partial charge in [-0.2, -0.15) is 0 Å². The van der Waals surface area contributed by atoms with Crippen molar-refractivity contribution in [1.82, 2.24) is 10.0 Å². The number of rotatable bonds is 8. The highest BCUT2D eigenvalue weighted by Gasteiger charge is 2.08. The van der Waals surface area contributed by atoms with Crippen LogP contribution in [-0.2, 0) is 27.1 Å². The van der Waals surface area contributed by atoms with Crippen LogP contribution in [0.4, 0.5) is 0 Å². The molecule has 8 heteroatoms. The fourth-order valence-corrected chi connectivity index (χ4v) is 3.45. The zero-order valence-electron chi connectivity index (χ0n) is 15.0. The van der Waals surface area contributed by atoms with Crippen LogP contribution in [0.5, 0.6) is 5.75 Å². The molecule has 27 heavy (non-hydrogen) atoms. The minimum atomic E-state index is -3.30. The summed E-state index contributed by atoms with van der Waals surface area (Å²) in [7, 11) is -0.335. The van der Waals surface area contributed by atoms with Crippen LogP contribution < -0.4 is 14.8 Å². The Morgan fingerprint density at radius 3 is 2.44 bits per heavy atom. The predicted molar refractivity (Wildman–Crippen MR) is 110 cm³/mol. The summed E-state index contributed by atoms with van der Waals surface area (Å²) in [4.78, 5) is 12.0. The zero-order valence-corrected chi connectivity index (χ0v) is 17.4. The maximum absolute atomic E-state index is 12.0. The molecule has 1 amide bonds. The molecule has 2 aromatic rings. The molecule has 144 valence electrons. The van der Waals surface area contributed by atoms with Crippen molar-refractivity contribution in [3.05, 3.63) is 69.7 Å². The number of carbonyl (C=O) groups excluding carboxylic acids is 1. The van der Waals surface area contributed by atoms with E-state index in [2.05, 4.69) is 26.0 Å². The van der Waals surface area contributed by atoms with E-state index < -0.39 is 10.0 Å². The van der Waals surface area contributed by atoms with Gasteiger partial charge in [-0.1, -0.05) is 40.2 Å². The first-order chi connectivity index (χ1) is 12.8. The molecule has 2 N–H and O–H groups in total. The van der Waals surface area contributed by atoms with Crippen molar-refractivity contribution in [3.8, 4) is 5.75 Å². The lowest BCUT2D eigenvalue weighted by Crippen LogP contribution is -2.21. The highest BCUT2D eigenvalue weighted by molar-refractivity contribution is 9.10. The van der Waals surface area contributed by atoms with E-state index in [0.717, 1.165) is 15.6 Å². The Labute approximate surface area is 167 Å². The predicted octanol–water partition coefficient (Wildman–Crippen LogP) is 2.84. The normalized spacial score (nSPS) is 11.5. The Kier molecular flexibility index (Phi) is 7.58. The van der Waals surface area contributed by atoms with Gasteiger partial charge in [0.1, 0.15) is 5.75 Å². The number of nitrogens with one attached hydrogen (secondary N) is 2. The van der Waals surface area contributed by atoms with Crippen molar-refractivity contribution < 1.29 is 17.9 Å². The number of hydrogen-bond donors (Lipinski definition) is 2. The van der Waals surface area contributed by atoms with E-state index >= 15 is 0 Å². The number of benzene rings is 2. The van der Waals surface area contributed by atoms with E-state index in [1.54, 1.807) is 37.5 Å². The third kappa shape index (κ3) is 6.82. The van der Waals surface area contributed by atoms with E-state index in [1.807, 2.05) is 18.2 Å². The van der Waals surface area contributed by atoms with Crippen LogP contribution in [0, 0.1) is 0 Å². The minimum absolute atomic E-state index is 0.0760. The van der Waals surface area contributed by atoms with Crippen molar-refractivity contribution in [1.29, 1.82) is 0 Å². The Morgan fingerprint density at radius 2 is 1.81 bits per heavy atom. The van der Waals surface area contributed by atoms with E-state index in [4.69, 9.17) is 4.74 Å². The number of amides is 1. The molecule has 0 saturated carbocycles. The van der Waals surface area contributed by atoms with Gasteiger partial charge in [-0.15, -0.1) is 0 Å². The molecule has 0 saturated heterocycles. The third-order valence-electron chi connectivity index (χ3n) is 3.76. The Bertz CT molecular complexity index is 925. The van der Waals surface area contributed by atoms with Gasteiger partial charge in [0.2, 0.25) is 15.9 Å². The van der Waals surface area contributed by atoms with Crippen molar-refractivity contribution in [3.63, 3.8) is 0 Å². The molecular formula is C19H21BrN2O4S. The summed E-state index contributed by atoms with van der Waals surface area (Å²) in [5, 5.41) is 2.79. The molecule has 0 aliphatic rings. The molecule has 0 aliphatic carbocycles. The molecule has 0 fully saturated rings. The standard InChI is InChI=1S/C19H21BrN2O4S/c1-21-27(24,25)13-15-5-3-14(4-6-15)12-22-19(23)10-7-16-11-17(20)8-9-18(16)26-2/h3-11,21H,12-13H2,1-2H3,(H,22,23)/b10-7+. The third-order valence-corrected chi connectivity index (χ3v) is 5.59. The number of methoxy groups -OCH3 is 1. The maximum atomic E-state index is 12.0. The molecule has 0 atom stereocenters. The minimum Gasteiger partial charge on any atom is -0.496 e. The van der Waals surface area contributed by atoms with Crippen LogP contribution in [0.3, 0.4) is 0 Å². The van der Waals surface area contributed by atoms with Gasteiger partial charge in [-0.3, -0.25) is 4.79 Å². The molecule has 2 aromatic carbocycles. The van der Waals surface area contributed by atoms with Gasteiger partial charge in [0.05, 0.1) is 12.9 Å². The summed E-state index contributed by atoms with van der Waals surface area (Å²) in [5.74, 6) is 0.362. The lowest BCUT2D eigenvalue weighted by atomic mass is 10.1. The van der Waals surface area contributed by atoms with E-state index in [0.29, 0.717) is 17.9 Å². The first-order valence-corrected chi connectivity index (χ1v) is 10.6. The van der Waals surface area contributed by atoms with Crippen molar-refractivity contribution in [2.24, 2.45) is 0 Å². The van der Waals surface area contributed by atoms with Crippen LogP contribution in [0.25, 0.3) is 6.08 Å². The van der Waals surface area contributed by atoms with Gasteiger partial charge in [0.25, 0.3) is 0 Å². The van der Waals surface area contributed by atoms with Crippen LogP contribution in [0.15, 0.2) is 53.0 Å². The summed E-state index contributed by atoms with van der Waals surface area (Å²) in [6.07, 6.45) is 3.13. The lowest BCUT2D eigenvalue weighted by Gasteiger charge is -2.06. The second kappa shape index (κ2) is 9.68. The first kappa shape index (κ1) is 21.1. The first-order valence-electron chi connectivity index (χ1n) is 8.11. The van der Waals surface area contributed by atoms with Crippen molar-refractivity contribution in [2.75, 3.05) is 14.2 Å². The van der Waals surface area contributed by atoms with Gasteiger partial charge < -0.3 is 10.1 Å². The van der Waals surface area contributed by atoms with Crippen LogP contribution in [0.2, 0.25) is 0 Å². The summed E-state index contributed by atoms with van der Waals surface area (Å²) in [5.41, 5.74) is 2.35. The van der Waals surface area contributed by atoms with E-state index in [1.165, 1.54) is 13.1 Å². The molecule has 0 spiro atoms. The van der Waals surface area contributed by atoms with Gasteiger partial charge in [0, 0.05) is 22.7 Å². The Morgan fingerprint density at radius 1 is 1.15 bits per heavy atom. The monoisotopic (exact) mass is 452 g/mol. The van der Waals surface area contributed by atoms with E-state index in [9.17, 15) is 13.2 Å². The SMILES string of the molecule is CNS(=O)(=O)Cc1ccc(CNC(=O)/C=C/c2cc(Br)ccc2OC)cc1. The topological polar surface area (TPSA) is 84.5 Å². The molecule has 0 radical (unpaired) electrons. The van der Waals surface area contributed by atoms with Crippen LogP contribution >= 0.6 is 15.9 Å². The Hall–Kier alpha value is -2.16. The highest BCUT2D eigenvalue weighted by atomic mass is 79.9. The van der Waals surface area contributed by atoms with Crippen LogP contribution in [-0.4, -0.2) is 28.5 Å². The van der Waals surface area contributed by atoms with Gasteiger partial charge in [-0.05, 0) is 42.4 Å². The van der Waals surface area contributed by atoms with Gasteiger partial charge in [-0.25, -0.2) is 13.1 Å². The number of ether oxygens (including phenoxy) is 1. The summed E-state index contributed by atoms with van der Waals surface area (Å²) in [6.45, 7) is 0.345. The summed E-state index contributed by atoms with van der Waals surface area (Å²) >= 11 is 3.39. The average Bonchev–Trinajstić information content (AvgIpc) is 2.65. The second-order valence-electron chi connectivity index (χ2n) is 5.72. The van der Waals surface area contributed by atoms with Crippen molar-refractivity contribution in [2.45, 2.75) is 12.3 Å². The van der Waals surface area contributed by atoms with Gasteiger partial charge >= 0.3 is 0 Å². The fourth-order valence-electron chi connectivity index (χ4n) is 2.29. The lowest BCUT2D eigenvalue weighted by molar-refractivity contribution is -0.116. The quantitative estimate of drug-likeness (QED) is 0.603. The molecule has 6 nitrogen and oxygen atoms in total. The number of halogens is 1. The number of carbonyl (C=O) groups is 1. The van der Waals surface area contributed by atoms with Crippen LogP contribution in [0.1, 0.15) is 16.7 Å². The average molecular weight is 453 g/mol. The second-order valence-corrected chi connectivity index (χ2v) is 8.56. The fraction of sp³-hybridized carbons (Fsp3) is 0.211. The maximum Gasteiger partial charge on any atom is 0.244 e. The van der Waals surface area contributed by atoms with Gasteiger partial charge in [0.15, 0.2) is 0 Å². The molecule has 0 bridgehead atoms. The molecule has 0 aliphatic heterocycles. The highest BCUT2D eigenvalue weighted by Crippen LogP contribution is 2.24. The Balaban J connectivity index is 1.93. The number of sulfonamides is 1. The zero-order chi connectivity index (χ0) is 19.9. The molecule has 0 unspecified atom stereocenters.